The van der Waals surface area contributed by atoms with Gasteiger partial charge in [-0.2, -0.15) is 0 Å². The number of carboxylic acid groups (broad SMARTS) is 1. The first-order valence-electron chi connectivity index (χ1n) is 5.92. The van der Waals surface area contributed by atoms with E-state index in [1.165, 1.54) is 0 Å². The Morgan fingerprint density at radius 2 is 2.33 bits per heavy atom. The van der Waals surface area contributed by atoms with E-state index in [4.69, 9.17) is 9.84 Å². The molecule has 8 heteroatoms. The van der Waals surface area contributed by atoms with Crippen LogP contribution < -0.4 is 4.74 Å². The summed E-state index contributed by atoms with van der Waals surface area (Å²) in [5.41, 5.74) is -1.48. The van der Waals surface area contributed by atoms with E-state index in [0.29, 0.717) is 22.6 Å². The van der Waals surface area contributed by atoms with Crippen molar-refractivity contribution in [3.63, 3.8) is 0 Å². The number of ether oxygens (including phenoxy) is 1. The molecule has 5 nitrogen and oxygen atoms in total. The third-order valence-corrected chi connectivity index (χ3v) is 4.84. The summed E-state index contributed by atoms with van der Waals surface area (Å²) in [4.78, 5) is 15.2. The first-order chi connectivity index (χ1) is 9.94. The third-order valence-electron chi connectivity index (χ3n) is 3.12. The Morgan fingerprint density at radius 3 is 3.00 bits per heavy atom. The topological polar surface area (TPSA) is 79.7 Å². The van der Waals surface area contributed by atoms with Gasteiger partial charge in [0, 0.05) is 10.0 Å². The summed E-state index contributed by atoms with van der Waals surface area (Å²) >= 11 is 4.03. The lowest BCUT2D eigenvalue weighted by Gasteiger charge is -2.19. The van der Waals surface area contributed by atoms with Crippen molar-refractivity contribution in [1.82, 2.24) is 4.98 Å². The normalized spacial score (nSPS) is 20.1. The average molecular weight is 374 g/mol. The summed E-state index contributed by atoms with van der Waals surface area (Å²) in [6.07, 6.45) is 0. The molecular formula is C13H9BrFNO4S. The number of benzene rings is 1. The fourth-order valence-electron chi connectivity index (χ4n) is 2.09. The molecule has 0 amide bonds. The number of nitrogens with zero attached hydrogens (tertiary/aromatic N) is 1. The van der Waals surface area contributed by atoms with Gasteiger partial charge in [-0.25, -0.2) is 14.2 Å². The second kappa shape index (κ2) is 5.04. The van der Waals surface area contributed by atoms with Gasteiger partial charge in [-0.1, -0.05) is 15.9 Å². The van der Waals surface area contributed by atoms with Crippen LogP contribution in [0.1, 0.15) is 14.7 Å². The van der Waals surface area contributed by atoms with E-state index in [9.17, 15) is 14.3 Å². The minimum absolute atomic E-state index is 0.0688. The van der Waals surface area contributed by atoms with Crippen molar-refractivity contribution in [2.45, 2.75) is 5.67 Å². The van der Waals surface area contributed by atoms with Crippen LogP contribution in [0.25, 0.3) is 11.3 Å². The van der Waals surface area contributed by atoms with Crippen molar-refractivity contribution < 1.29 is 24.1 Å². The molecule has 1 aliphatic rings. The van der Waals surface area contributed by atoms with Crippen LogP contribution in [0, 0.1) is 0 Å². The summed E-state index contributed by atoms with van der Waals surface area (Å²) < 4.78 is 21.0. The predicted molar refractivity (Wildman–Crippen MR) is 77.6 cm³/mol. The maximum Gasteiger partial charge on any atom is 0.365 e. The van der Waals surface area contributed by atoms with Gasteiger partial charge in [0.1, 0.15) is 12.4 Å². The molecule has 1 aromatic heterocycles. The Balaban J connectivity index is 2.30. The minimum atomic E-state index is -2.17. The summed E-state index contributed by atoms with van der Waals surface area (Å²) in [5.74, 6) is -0.833. The summed E-state index contributed by atoms with van der Waals surface area (Å²) in [6.45, 7) is -1.21. The number of fused-ring (bicyclic) bond motifs is 3. The molecule has 1 aliphatic heterocycles. The molecule has 1 unspecified atom stereocenters. The van der Waals surface area contributed by atoms with E-state index in [2.05, 4.69) is 20.9 Å². The molecule has 0 spiro atoms. The quantitative estimate of drug-likeness (QED) is 0.845. The van der Waals surface area contributed by atoms with Gasteiger partial charge >= 0.3 is 5.97 Å². The number of halogens is 2. The first kappa shape index (κ1) is 14.4. The molecule has 0 fully saturated rings. The van der Waals surface area contributed by atoms with Crippen LogP contribution in [0.3, 0.4) is 0 Å². The van der Waals surface area contributed by atoms with Crippen molar-refractivity contribution in [2.24, 2.45) is 0 Å². The molecule has 2 aromatic rings. The molecule has 2 heterocycles. The van der Waals surface area contributed by atoms with Crippen molar-refractivity contribution in [2.75, 3.05) is 13.2 Å². The van der Waals surface area contributed by atoms with Crippen molar-refractivity contribution in [3.05, 3.63) is 32.6 Å². The van der Waals surface area contributed by atoms with Crippen LogP contribution in [0.4, 0.5) is 4.39 Å². The number of aromatic carboxylic acids is 1. The number of carbonyl (C=O) groups is 1. The van der Waals surface area contributed by atoms with E-state index in [0.717, 1.165) is 4.47 Å². The molecular weight excluding hydrogens is 365 g/mol. The van der Waals surface area contributed by atoms with Crippen LogP contribution in [0.15, 0.2) is 22.7 Å². The van der Waals surface area contributed by atoms with Crippen LogP contribution in [0.2, 0.25) is 0 Å². The monoisotopic (exact) mass is 373 g/mol. The molecule has 0 aliphatic carbocycles. The van der Waals surface area contributed by atoms with Gasteiger partial charge in [0.15, 0.2) is 0 Å². The fourth-order valence-corrected chi connectivity index (χ4v) is 3.42. The zero-order valence-electron chi connectivity index (χ0n) is 10.5. The number of aliphatic hydroxyl groups excluding tert-OH is 1. The fraction of sp³-hybridized carbons (Fsp3) is 0.231. The Hall–Kier alpha value is -1.51. The number of aliphatic hydroxyl groups is 1. The van der Waals surface area contributed by atoms with Gasteiger partial charge in [-0.05, 0) is 18.2 Å². The second-order valence-electron chi connectivity index (χ2n) is 4.55. The highest BCUT2D eigenvalue weighted by molar-refractivity contribution is 9.10. The highest BCUT2D eigenvalue weighted by atomic mass is 79.9. The molecule has 21 heavy (non-hydrogen) atoms. The summed E-state index contributed by atoms with van der Waals surface area (Å²) in [7, 11) is 0. The highest BCUT2D eigenvalue weighted by Gasteiger charge is 2.41. The minimum Gasteiger partial charge on any atom is -0.489 e. The van der Waals surface area contributed by atoms with E-state index in [1.54, 1.807) is 18.2 Å². The van der Waals surface area contributed by atoms with Crippen LogP contribution in [0.5, 0.6) is 5.75 Å². The molecule has 0 saturated carbocycles. The second-order valence-corrected chi connectivity index (χ2v) is 6.47. The van der Waals surface area contributed by atoms with Crippen molar-refractivity contribution in [3.8, 4) is 17.0 Å². The third kappa shape index (κ3) is 2.33. The lowest BCUT2D eigenvalue weighted by Crippen LogP contribution is -2.31. The first-order valence-corrected chi connectivity index (χ1v) is 7.52. The predicted octanol–water partition coefficient (Wildman–Crippen LogP) is 2.82. The molecule has 0 radical (unpaired) electrons. The van der Waals surface area contributed by atoms with Gasteiger partial charge in [-0.3, -0.25) is 0 Å². The average Bonchev–Trinajstić information content (AvgIpc) is 2.87. The maximum atomic E-state index is 14.9. The number of carboxylic acids is 1. The Bertz CT molecular complexity index is 735. The smallest absolute Gasteiger partial charge is 0.365 e. The number of aromatic nitrogens is 1. The van der Waals surface area contributed by atoms with Crippen molar-refractivity contribution >= 4 is 33.2 Å². The highest BCUT2D eigenvalue weighted by Crippen LogP contribution is 2.45. The van der Waals surface area contributed by atoms with Gasteiger partial charge in [0.05, 0.1) is 17.2 Å². The Labute approximate surface area is 131 Å². The number of alkyl halides is 1. The Morgan fingerprint density at radius 1 is 1.57 bits per heavy atom. The van der Waals surface area contributed by atoms with E-state index in [1.807, 2.05) is 0 Å². The standard InChI is InChI=1S/C13H9BrFNO4S/c14-6-1-2-8-7(3-6)9-10(13(15,4-17)5-20-8)21-11(16-9)12(18)19/h1-3,17H,4-5H2,(H,18,19). The van der Waals surface area contributed by atoms with Crippen molar-refractivity contribution in [1.29, 1.82) is 0 Å². The van der Waals surface area contributed by atoms with Crippen LogP contribution in [-0.2, 0) is 5.67 Å². The lowest BCUT2D eigenvalue weighted by atomic mass is 10.0. The Kier molecular flexibility index (Phi) is 3.46. The largest absolute Gasteiger partial charge is 0.489 e. The van der Waals surface area contributed by atoms with Gasteiger partial charge < -0.3 is 14.9 Å². The molecule has 0 bridgehead atoms. The van der Waals surface area contributed by atoms with E-state index in [-0.39, 0.29) is 15.6 Å². The zero-order valence-corrected chi connectivity index (χ0v) is 12.9. The van der Waals surface area contributed by atoms with Gasteiger partial charge in [0.2, 0.25) is 10.7 Å². The maximum absolute atomic E-state index is 14.9. The zero-order chi connectivity index (χ0) is 15.2. The van der Waals surface area contributed by atoms with E-state index < -0.39 is 24.9 Å². The molecule has 3 rings (SSSR count). The number of thiazole rings is 1. The van der Waals surface area contributed by atoms with Crippen LogP contribution in [-0.4, -0.2) is 34.4 Å². The molecule has 1 aromatic carbocycles. The van der Waals surface area contributed by atoms with Gasteiger partial charge in [-0.15, -0.1) is 11.3 Å². The molecule has 110 valence electrons. The molecule has 1 atom stereocenters. The van der Waals surface area contributed by atoms with Gasteiger partial charge in [0.25, 0.3) is 0 Å². The number of hydrogen-bond acceptors (Lipinski definition) is 5. The molecule has 0 saturated heterocycles. The molecule has 2 N–H and O–H groups in total. The summed E-state index contributed by atoms with van der Waals surface area (Å²) in [5, 5.41) is 18.2. The lowest BCUT2D eigenvalue weighted by molar-refractivity contribution is 0.0274. The van der Waals surface area contributed by atoms with E-state index >= 15 is 0 Å². The number of hydrogen-bond donors (Lipinski definition) is 2. The number of rotatable bonds is 2. The SMILES string of the molecule is O=C(O)c1nc2c(s1)C(F)(CO)COc1ccc(Br)cc1-2. The van der Waals surface area contributed by atoms with Crippen LogP contribution >= 0.6 is 27.3 Å². The summed E-state index contributed by atoms with van der Waals surface area (Å²) in [6, 6.07) is 5.06.